The molecule has 1 aromatic rings. The summed E-state index contributed by atoms with van der Waals surface area (Å²) in [7, 11) is 0. The Labute approximate surface area is 184 Å². The molecule has 0 saturated carbocycles. The number of nitrogen functional groups attached to an aromatic ring is 1. The summed E-state index contributed by atoms with van der Waals surface area (Å²) in [4.78, 5) is 33.4. The SMILES string of the molecule is Cc1cc(N)cc(OCCCC(=O)O)c1NC(=O)CCCCCCCCCCC(=O)O. The van der Waals surface area contributed by atoms with Crippen molar-refractivity contribution in [3.8, 4) is 5.75 Å². The van der Waals surface area contributed by atoms with E-state index in [9.17, 15) is 14.4 Å². The van der Waals surface area contributed by atoms with Gasteiger partial charge in [-0.25, -0.2) is 0 Å². The fourth-order valence-electron chi connectivity index (χ4n) is 3.29. The molecule has 0 heterocycles. The van der Waals surface area contributed by atoms with E-state index in [-0.39, 0.29) is 25.4 Å². The van der Waals surface area contributed by atoms with Crippen LogP contribution in [0, 0.1) is 6.92 Å². The van der Waals surface area contributed by atoms with Gasteiger partial charge in [0.2, 0.25) is 5.91 Å². The Bertz CT molecular complexity index is 720. The van der Waals surface area contributed by atoms with Crippen molar-refractivity contribution in [2.75, 3.05) is 17.7 Å². The summed E-state index contributed by atoms with van der Waals surface area (Å²) in [6.45, 7) is 2.07. The molecular weight excluding hydrogens is 400 g/mol. The summed E-state index contributed by atoms with van der Waals surface area (Å²) in [6, 6.07) is 3.40. The molecule has 0 bridgehead atoms. The second-order valence-corrected chi connectivity index (χ2v) is 7.83. The number of carbonyl (C=O) groups is 3. The van der Waals surface area contributed by atoms with E-state index >= 15 is 0 Å². The molecule has 0 saturated heterocycles. The van der Waals surface area contributed by atoms with Gasteiger partial charge in [-0.05, 0) is 37.8 Å². The van der Waals surface area contributed by atoms with Crippen LogP contribution in [0.25, 0.3) is 0 Å². The number of nitrogens with two attached hydrogens (primary N) is 1. The summed E-state index contributed by atoms with van der Waals surface area (Å²) in [6.07, 6.45) is 8.83. The molecular formula is C23H36N2O6. The Morgan fingerprint density at radius 1 is 0.839 bits per heavy atom. The number of benzene rings is 1. The van der Waals surface area contributed by atoms with Crippen LogP contribution in [0.2, 0.25) is 0 Å². The summed E-state index contributed by atoms with van der Waals surface area (Å²) in [5.41, 5.74) is 7.77. The zero-order valence-electron chi connectivity index (χ0n) is 18.5. The molecule has 0 aliphatic heterocycles. The number of aliphatic carboxylic acids is 2. The number of unbranched alkanes of at least 4 members (excludes halogenated alkanes) is 7. The van der Waals surface area contributed by atoms with Crippen LogP contribution < -0.4 is 15.8 Å². The first-order valence-electron chi connectivity index (χ1n) is 11.1. The van der Waals surface area contributed by atoms with Crippen molar-refractivity contribution >= 4 is 29.2 Å². The van der Waals surface area contributed by atoms with E-state index in [2.05, 4.69) is 5.32 Å². The summed E-state index contributed by atoms with van der Waals surface area (Å²) >= 11 is 0. The second kappa shape index (κ2) is 15.1. The van der Waals surface area contributed by atoms with Gasteiger partial charge in [0.15, 0.2) is 0 Å². The van der Waals surface area contributed by atoms with Gasteiger partial charge in [-0.1, -0.05) is 38.5 Å². The molecule has 0 aliphatic carbocycles. The largest absolute Gasteiger partial charge is 0.491 e. The van der Waals surface area contributed by atoms with Crippen molar-refractivity contribution in [1.82, 2.24) is 0 Å². The third kappa shape index (κ3) is 12.5. The smallest absolute Gasteiger partial charge is 0.303 e. The van der Waals surface area contributed by atoms with E-state index in [0.29, 0.717) is 30.0 Å². The van der Waals surface area contributed by atoms with E-state index in [1.807, 2.05) is 6.92 Å². The van der Waals surface area contributed by atoms with Crippen molar-refractivity contribution < 1.29 is 29.3 Å². The third-order valence-electron chi connectivity index (χ3n) is 4.92. The first-order valence-corrected chi connectivity index (χ1v) is 11.1. The number of carboxylic acids is 2. The number of hydrogen-bond donors (Lipinski definition) is 4. The van der Waals surface area contributed by atoms with E-state index < -0.39 is 11.9 Å². The molecule has 8 nitrogen and oxygen atoms in total. The van der Waals surface area contributed by atoms with Gasteiger partial charge >= 0.3 is 11.9 Å². The minimum Gasteiger partial charge on any atom is -0.491 e. The van der Waals surface area contributed by atoms with Gasteiger partial charge in [-0.15, -0.1) is 0 Å². The molecule has 8 heteroatoms. The number of rotatable bonds is 17. The number of nitrogens with one attached hydrogen (secondary N) is 1. The Balaban J connectivity index is 2.31. The van der Waals surface area contributed by atoms with E-state index in [0.717, 1.165) is 56.9 Å². The van der Waals surface area contributed by atoms with Crippen LogP contribution in [0.3, 0.4) is 0 Å². The lowest BCUT2D eigenvalue weighted by atomic mass is 10.1. The Kier molecular flexibility index (Phi) is 12.8. The zero-order valence-corrected chi connectivity index (χ0v) is 18.5. The van der Waals surface area contributed by atoms with Gasteiger partial charge in [0.05, 0.1) is 12.3 Å². The topological polar surface area (TPSA) is 139 Å². The van der Waals surface area contributed by atoms with Crippen LogP contribution in [0.15, 0.2) is 12.1 Å². The molecule has 0 spiro atoms. The standard InChI is InChI=1S/C23H36N2O6/c1-17-15-18(24)16-19(31-14-10-13-22(29)30)23(17)25-20(26)11-8-6-4-2-3-5-7-9-12-21(27)28/h15-16H,2-14,24H2,1H3,(H,25,26)(H,27,28)(H,29,30). The monoisotopic (exact) mass is 436 g/mol. The maximum Gasteiger partial charge on any atom is 0.303 e. The lowest BCUT2D eigenvalue weighted by Crippen LogP contribution is -2.14. The van der Waals surface area contributed by atoms with E-state index in [1.165, 1.54) is 0 Å². The highest BCUT2D eigenvalue weighted by molar-refractivity contribution is 5.93. The van der Waals surface area contributed by atoms with Crippen LogP contribution in [-0.4, -0.2) is 34.7 Å². The number of aryl methyl sites for hydroxylation is 1. The van der Waals surface area contributed by atoms with Crippen molar-refractivity contribution in [3.05, 3.63) is 17.7 Å². The molecule has 0 aliphatic rings. The zero-order chi connectivity index (χ0) is 23.1. The second-order valence-electron chi connectivity index (χ2n) is 7.83. The average Bonchev–Trinajstić information content (AvgIpc) is 2.68. The molecule has 31 heavy (non-hydrogen) atoms. The molecule has 1 rings (SSSR count). The van der Waals surface area contributed by atoms with Crippen LogP contribution >= 0.6 is 0 Å². The Morgan fingerprint density at radius 2 is 1.35 bits per heavy atom. The first kappa shape index (κ1) is 26.3. The summed E-state index contributed by atoms with van der Waals surface area (Å²) in [5, 5.41) is 20.2. The van der Waals surface area contributed by atoms with Gasteiger partial charge in [0.1, 0.15) is 5.75 Å². The minimum absolute atomic E-state index is 0.0192. The quantitative estimate of drug-likeness (QED) is 0.204. The molecule has 0 unspecified atom stereocenters. The van der Waals surface area contributed by atoms with Gasteiger partial charge in [-0.3, -0.25) is 14.4 Å². The van der Waals surface area contributed by atoms with Crippen molar-refractivity contribution in [2.45, 2.75) is 84.0 Å². The molecule has 0 radical (unpaired) electrons. The molecule has 174 valence electrons. The average molecular weight is 437 g/mol. The first-order chi connectivity index (χ1) is 14.8. The van der Waals surface area contributed by atoms with E-state index in [4.69, 9.17) is 20.7 Å². The number of hydrogen-bond acceptors (Lipinski definition) is 5. The van der Waals surface area contributed by atoms with Gasteiger partial charge < -0.3 is 26.0 Å². The van der Waals surface area contributed by atoms with Crippen molar-refractivity contribution in [2.24, 2.45) is 0 Å². The number of carboxylic acid groups (broad SMARTS) is 2. The molecule has 0 aromatic heterocycles. The van der Waals surface area contributed by atoms with Crippen LogP contribution in [0.1, 0.15) is 82.6 Å². The van der Waals surface area contributed by atoms with Crippen molar-refractivity contribution in [1.29, 1.82) is 0 Å². The molecule has 1 aromatic carbocycles. The number of amides is 1. The van der Waals surface area contributed by atoms with Crippen LogP contribution in [-0.2, 0) is 14.4 Å². The van der Waals surface area contributed by atoms with Crippen molar-refractivity contribution in [3.63, 3.8) is 0 Å². The molecule has 1 amide bonds. The minimum atomic E-state index is -0.876. The fourth-order valence-corrected chi connectivity index (χ4v) is 3.29. The normalized spacial score (nSPS) is 10.6. The molecule has 0 atom stereocenters. The van der Waals surface area contributed by atoms with Gasteiger partial charge in [0, 0.05) is 31.0 Å². The predicted molar refractivity (Wildman–Crippen MR) is 120 cm³/mol. The number of ether oxygens (including phenoxy) is 1. The van der Waals surface area contributed by atoms with Crippen LogP contribution in [0.5, 0.6) is 5.75 Å². The highest BCUT2D eigenvalue weighted by Gasteiger charge is 2.12. The summed E-state index contributed by atoms with van der Waals surface area (Å²) in [5.74, 6) is -1.24. The third-order valence-corrected chi connectivity index (χ3v) is 4.92. The van der Waals surface area contributed by atoms with Crippen LogP contribution in [0.4, 0.5) is 11.4 Å². The lowest BCUT2D eigenvalue weighted by molar-refractivity contribution is -0.138. The maximum atomic E-state index is 12.4. The Morgan fingerprint density at radius 3 is 1.94 bits per heavy atom. The predicted octanol–water partition coefficient (Wildman–Crippen LogP) is 4.74. The summed E-state index contributed by atoms with van der Waals surface area (Å²) < 4.78 is 5.67. The van der Waals surface area contributed by atoms with Gasteiger partial charge in [-0.2, -0.15) is 0 Å². The Hall–Kier alpha value is -2.77. The molecule has 5 N–H and O–H groups in total. The fraction of sp³-hybridized carbons (Fsp3) is 0.609. The maximum absolute atomic E-state index is 12.4. The highest BCUT2D eigenvalue weighted by atomic mass is 16.5. The van der Waals surface area contributed by atoms with Gasteiger partial charge in [0.25, 0.3) is 0 Å². The lowest BCUT2D eigenvalue weighted by Gasteiger charge is -2.16. The van der Waals surface area contributed by atoms with E-state index in [1.54, 1.807) is 12.1 Å². The number of anilines is 2. The molecule has 0 fully saturated rings. The highest BCUT2D eigenvalue weighted by Crippen LogP contribution is 2.31. The number of carbonyl (C=O) groups excluding carboxylic acids is 1.